The molecule has 1 atom stereocenters. The van der Waals surface area contributed by atoms with E-state index in [0.29, 0.717) is 10.3 Å². The van der Waals surface area contributed by atoms with Gasteiger partial charge in [0.1, 0.15) is 6.17 Å². The number of carboxylic acids is 1. The smallest absolute Gasteiger partial charge is 0.336 e. The van der Waals surface area contributed by atoms with Gasteiger partial charge < -0.3 is 5.11 Å². The topological polar surface area (TPSA) is 37.3 Å². The Balaban J connectivity index is 2.70. The molecule has 1 heterocycles. The normalized spacial score (nSPS) is 12.9. The van der Waals surface area contributed by atoms with Crippen molar-refractivity contribution < 1.29 is 14.3 Å². The summed E-state index contributed by atoms with van der Waals surface area (Å²) < 4.78 is 13.9. The molecule has 0 saturated heterocycles. The van der Waals surface area contributed by atoms with Crippen molar-refractivity contribution in [2.45, 2.75) is 13.1 Å². The zero-order chi connectivity index (χ0) is 11.0. The van der Waals surface area contributed by atoms with Crippen LogP contribution in [0.1, 0.15) is 28.3 Å². The summed E-state index contributed by atoms with van der Waals surface area (Å²) in [5.41, 5.74) is 0.232. The summed E-state index contributed by atoms with van der Waals surface area (Å²) in [6, 6.07) is 6.63. The quantitative estimate of drug-likeness (QED) is 0.845. The van der Waals surface area contributed by atoms with Crippen LogP contribution in [0.2, 0.25) is 0 Å². The highest BCUT2D eigenvalue weighted by molar-refractivity contribution is 7.19. The fraction of sp³-hybridized carbons (Fsp3) is 0.182. The van der Waals surface area contributed by atoms with E-state index in [1.54, 1.807) is 18.2 Å². The lowest BCUT2D eigenvalue weighted by Crippen LogP contribution is -1.95. The number of alkyl halides is 1. The van der Waals surface area contributed by atoms with Crippen molar-refractivity contribution in [2.75, 3.05) is 0 Å². The molecule has 0 fully saturated rings. The monoisotopic (exact) mass is 224 g/mol. The van der Waals surface area contributed by atoms with Gasteiger partial charge in [0.2, 0.25) is 0 Å². The molecule has 78 valence electrons. The van der Waals surface area contributed by atoms with Crippen LogP contribution in [0.25, 0.3) is 10.1 Å². The molecular formula is C11H9FO2S. The third-order valence-electron chi connectivity index (χ3n) is 2.20. The highest BCUT2D eigenvalue weighted by atomic mass is 32.1. The van der Waals surface area contributed by atoms with Crippen molar-refractivity contribution in [3.8, 4) is 0 Å². The first kappa shape index (κ1) is 10.1. The zero-order valence-electron chi connectivity index (χ0n) is 8.03. The van der Waals surface area contributed by atoms with E-state index in [1.165, 1.54) is 24.3 Å². The van der Waals surface area contributed by atoms with Crippen molar-refractivity contribution in [2.24, 2.45) is 0 Å². The van der Waals surface area contributed by atoms with Gasteiger partial charge in [0.15, 0.2) is 0 Å². The van der Waals surface area contributed by atoms with E-state index in [2.05, 4.69) is 0 Å². The predicted octanol–water partition coefficient (Wildman–Crippen LogP) is 3.63. The summed E-state index contributed by atoms with van der Waals surface area (Å²) >= 11 is 1.30. The molecule has 15 heavy (non-hydrogen) atoms. The summed E-state index contributed by atoms with van der Waals surface area (Å²) in [7, 11) is 0. The number of benzene rings is 1. The third kappa shape index (κ3) is 1.72. The molecule has 2 rings (SSSR count). The van der Waals surface area contributed by atoms with Crippen molar-refractivity contribution in [1.82, 2.24) is 0 Å². The maximum absolute atomic E-state index is 13.1. The molecule has 0 aliphatic heterocycles. The Morgan fingerprint density at radius 2 is 2.27 bits per heavy atom. The van der Waals surface area contributed by atoms with E-state index >= 15 is 0 Å². The van der Waals surface area contributed by atoms with Gasteiger partial charge in [-0.15, -0.1) is 11.3 Å². The maximum Gasteiger partial charge on any atom is 0.336 e. The van der Waals surface area contributed by atoms with Gasteiger partial charge in [-0.3, -0.25) is 0 Å². The first-order valence-corrected chi connectivity index (χ1v) is 5.31. The second-order valence-corrected chi connectivity index (χ2v) is 4.40. The fourth-order valence-electron chi connectivity index (χ4n) is 1.46. The van der Waals surface area contributed by atoms with Gasteiger partial charge in [-0.05, 0) is 25.1 Å². The Morgan fingerprint density at radius 3 is 2.87 bits per heavy atom. The van der Waals surface area contributed by atoms with Crippen LogP contribution in [0.15, 0.2) is 24.3 Å². The van der Waals surface area contributed by atoms with E-state index in [0.717, 1.165) is 4.70 Å². The SMILES string of the molecule is CC(F)c1cc2c(C(=O)O)cccc2s1. The standard InChI is InChI=1S/C11H9FO2S/c1-6(12)10-5-8-7(11(13)14)3-2-4-9(8)15-10/h2-6H,1H3,(H,13,14). The molecule has 4 heteroatoms. The van der Waals surface area contributed by atoms with E-state index in [1.807, 2.05) is 0 Å². The van der Waals surface area contributed by atoms with Crippen LogP contribution in [-0.4, -0.2) is 11.1 Å². The summed E-state index contributed by atoms with van der Waals surface area (Å²) in [6.07, 6.45) is -1.05. The minimum absolute atomic E-state index is 0.232. The van der Waals surface area contributed by atoms with Crippen molar-refractivity contribution in [3.63, 3.8) is 0 Å². The van der Waals surface area contributed by atoms with Gasteiger partial charge in [0.25, 0.3) is 0 Å². The molecular weight excluding hydrogens is 215 g/mol. The predicted molar refractivity (Wildman–Crippen MR) is 58.3 cm³/mol. The lowest BCUT2D eigenvalue weighted by molar-refractivity contribution is 0.0699. The van der Waals surface area contributed by atoms with Gasteiger partial charge in [-0.1, -0.05) is 6.07 Å². The molecule has 1 unspecified atom stereocenters. The number of hydrogen-bond acceptors (Lipinski definition) is 2. The van der Waals surface area contributed by atoms with Crippen LogP contribution >= 0.6 is 11.3 Å². The number of carbonyl (C=O) groups is 1. The average Bonchev–Trinajstić information content (AvgIpc) is 2.60. The first-order valence-electron chi connectivity index (χ1n) is 4.49. The zero-order valence-corrected chi connectivity index (χ0v) is 8.84. The van der Waals surface area contributed by atoms with Crippen LogP contribution in [0, 0.1) is 0 Å². The second kappa shape index (κ2) is 3.62. The average molecular weight is 224 g/mol. The fourth-order valence-corrected chi connectivity index (χ4v) is 2.48. The van der Waals surface area contributed by atoms with Crippen molar-refractivity contribution in [3.05, 3.63) is 34.7 Å². The Hall–Kier alpha value is -1.42. The van der Waals surface area contributed by atoms with Crippen LogP contribution in [-0.2, 0) is 0 Å². The molecule has 2 aromatic rings. The highest BCUT2D eigenvalue weighted by Crippen LogP contribution is 2.33. The van der Waals surface area contributed by atoms with E-state index in [-0.39, 0.29) is 5.56 Å². The van der Waals surface area contributed by atoms with Gasteiger partial charge in [0, 0.05) is 15.0 Å². The van der Waals surface area contributed by atoms with Crippen molar-refractivity contribution in [1.29, 1.82) is 0 Å². The number of halogens is 1. The molecule has 1 aromatic carbocycles. The Labute approximate surface area is 90.0 Å². The largest absolute Gasteiger partial charge is 0.478 e. The summed E-state index contributed by atoms with van der Waals surface area (Å²) in [5.74, 6) is -0.975. The number of thiophene rings is 1. The van der Waals surface area contributed by atoms with Crippen LogP contribution in [0.4, 0.5) is 4.39 Å². The number of carboxylic acid groups (broad SMARTS) is 1. The van der Waals surface area contributed by atoms with Gasteiger partial charge in [-0.2, -0.15) is 0 Å². The van der Waals surface area contributed by atoms with Crippen LogP contribution in [0.3, 0.4) is 0 Å². The molecule has 1 aromatic heterocycles. The summed E-state index contributed by atoms with van der Waals surface area (Å²) in [5, 5.41) is 9.56. The molecule has 0 aliphatic carbocycles. The molecule has 2 nitrogen and oxygen atoms in total. The Bertz CT molecular complexity index is 516. The summed E-state index contributed by atoms with van der Waals surface area (Å²) in [6.45, 7) is 1.45. The van der Waals surface area contributed by atoms with Crippen LogP contribution in [0.5, 0.6) is 0 Å². The van der Waals surface area contributed by atoms with E-state index in [4.69, 9.17) is 5.11 Å². The second-order valence-electron chi connectivity index (χ2n) is 3.29. The lowest BCUT2D eigenvalue weighted by Gasteiger charge is -1.95. The Morgan fingerprint density at radius 1 is 1.53 bits per heavy atom. The maximum atomic E-state index is 13.1. The van der Waals surface area contributed by atoms with Crippen molar-refractivity contribution >= 4 is 27.4 Å². The highest BCUT2D eigenvalue weighted by Gasteiger charge is 2.13. The number of hydrogen-bond donors (Lipinski definition) is 1. The van der Waals surface area contributed by atoms with Gasteiger partial charge >= 0.3 is 5.97 Å². The summed E-state index contributed by atoms with van der Waals surface area (Å²) in [4.78, 5) is 11.5. The third-order valence-corrected chi connectivity index (χ3v) is 3.46. The van der Waals surface area contributed by atoms with Gasteiger partial charge in [0.05, 0.1) is 5.56 Å². The minimum Gasteiger partial charge on any atom is -0.478 e. The molecule has 0 spiro atoms. The first-order chi connectivity index (χ1) is 7.09. The molecule has 0 bridgehead atoms. The number of fused-ring (bicyclic) bond motifs is 1. The lowest BCUT2D eigenvalue weighted by atomic mass is 10.1. The van der Waals surface area contributed by atoms with Gasteiger partial charge in [-0.25, -0.2) is 9.18 Å². The van der Waals surface area contributed by atoms with E-state index in [9.17, 15) is 9.18 Å². The number of rotatable bonds is 2. The molecule has 0 radical (unpaired) electrons. The van der Waals surface area contributed by atoms with E-state index < -0.39 is 12.1 Å². The molecule has 1 N–H and O–H groups in total. The minimum atomic E-state index is -1.05. The molecule has 0 amide bonds. The molecule has 0 saturated carbocycles. The molecule has 0 aliphatic rings. The van der Waals surface area contributed by atoms with Crippen LogP contribution < -0.4 is 0 Å². The Kier molecular flexibility index (Phi) is 2.44. The number of aromatic carboxylic acids is 1.